The number of aryl methyl sites for hydroxylation is 2. The third-order valence-electron chi connectivity index (χ3n) is 6.05. The molecule has 2 aromatic rings. The summed E-state index contributed by atoms with van der Waals surface area (Å²) in [6.07, 6.45) is 3.22. The molecule has 4 rings (SSSR count). The molecule has 2 amide bonds. The van der Waals surface area contributed by atoms with Crippen LogP contribution in [0.25, 0.3) is 0 Å². The third-order valence-corrected chi connectivity index (χ3v) is 6.05. The number of para-hydroxylation sites is 1. The van der Waals surface area contributed by atoms with E-state index in [0.717, 1.165) is 30.6 Å². The number of nitrogens with zero attached hydrogens (tertiary/aromatic N) is 1. The van der Waals surface area contributed by atoms with Crippen LogP contribution in [0.4, 0.5) is 0 Å². The molecule has 2 aliphatic rings. The van der Waals surface area contributed by atoms with E-state index in [4.69, 9.17) is 9.47 Å². The van der Waals surface area contributed by atoms with E-state index in [9.17, 15) is 9.59 Å². The molecule has 0 saturated carbocycles. The maximum Gasteiger partial charge on any atom is 0.254 e. The number of fused-ring (bicyclic) bond motifs is 1. The summed E-state index contributed by atoms with van der Waals surface area (Å²) in [7, 11) is 0. The molecule has 164 valence electrons. The first-order valence-electron chi connectivity index (χ1n) is 11.1. The zero-order valence-corrected chi connectivity index (χ0v) is 18.1. The molecule has 0 bridgehead atoms. The summed E-state index contributed by atoms with van der Waals surface area (Å²) in [4.78, 5) is 28.1. The Hall–Kier alpha value is -2.86. The first kappa shape index (κ1) is 21.4. The Morgan fingerprint density at radius 2 is 1.97 bits per heavy atom. The average Bonchev–Trinajstić information content (AvgIpc) is 2.79. The highest BCUT2D eigenvalue weighted by molar-refractivity contribution is 5.95. The molecule has 2 aromatic carbocycles. The van der Waals surface area contributed by atoms with Crippen molar-refractivity contribution in [3.05, 3.63) is 65.2 Å². The Kier molecular flexibility index (Phi) is 6.56. The Balaban J connectivity index is 1.50. The number of amides is 2. The maximum absolute atomic E-state index is 13.2. The molecule has 6 heteroatoms. The van der Waals surface area contributed by atoms with Crippen molar-refractivity contribution in [1.29, 1.82) is 0 Å². The van der Waals surface area contributed by atoms with Crippen LogP contribution < -0.4 is 10.1 Å². The lowest BCUT2D eigenvalue weighted by molar-refractivity contribution is -0.159. The molecule has 1 N–H and O–H groups in total. The molecule has 0 radical (unpaired) electrons. The molecule has 0 aromatic heterocycles. The van der Waals surface area contributed by atoms with Crippen LogP contribution in [0.5, 0.6) is 5.75 Å². The molecule has 0 aliphatic carbocycles. The van der Waals surface area contributed by atoms with Gasteiger partial charge in [0.05, 0.1) is 19.7 Å². The quantitative estimate of drug-likeness (QED) is 0.767. The fourth-order valence-electron chi connectivity index (χ4n) is 4.38. The average molecular weight is 423 g/mol. The third kappa shape index (κ3) is 4.90. The summed E-state index contributed by atoms with van der Waals surface area (Å²) < 4.78 is 12.0. The van der Waals surface area contributed by atoms with Crippen LogP contribution in [0.15, 0.2) is 48.5 Å². The van der Waals surface area contributed by atoms with Gasteiger partial charge in [-0.25, -0.2) is 0 Å². The van der Waals surface area contributed by atoms with Gasteiger partial charge in [0.2, 0.25) is 0 Å². The van der Waals surface area contributed by atoms with Gasteiger partial charge in [-0.2, -0.15) is 0 Å². The van der Waals surface area contributed by atoms with Crippen LogP contribution in [-0.2, 0) is 16.0 Å². The Bertz CT molecular complexity index is 945. The topological polar surface area (TPSA) is 67.9 Å². The van der Waals surface area contributed by atoms with Crippen molar-refractivity contribution in [3.8, 4) is 5.75 Å². The molecule has 31 heavy (non-hydrogen) atoms. The van der Waals surface area contributed by atoms with Crippen molar-refractivity contribution in [2.45, 2.75) is 38.2 Å². The minimum Gasteiger partial charge on any atom is -0.491 e. The number of carbonyl (C=O) groups is 2. The Morgan fingerprint density at radius 3 is 2.84 bits per heavy atom. The van der Waals surface area contributed by atoms with Gasteiger partial charge in [-0.05, 0) is 56.4 Å². The van der Waals surface area contributed by atoms with Gasteiger partial charge >= 0.3 is 0 Å². The van der Waals surface area contributed by atoms with Gasteiger partial charge in [-0.15, -0.1) is 0 Å². The number of rotatable bonds is 1. The molecular weight excluding hydrogens is 392 g/mol. The number of ether oxygens (including phenoxy) is 2. The van der Waals surface area contributed by atoms with Crippen LogP contribution in [0, 0.1) is 6.92 Å². The van der Waals surface area contributed by atoms with Gasteiger partial charge in [0.15, 0.2) is 5.60 Å². The van der Waals surface area contributed by atoms with Crippen molar-refractivity contribution in [1.82, 2.24) is 10.2 Å². The second kappa shape index (κ2) is 9.52. The van der Waals surface area contributed by atoms with Crippen LogP contribution in [0.2, 0.25) is 0 Å². The predicted octanol–water partition coefficient (Wildman–Crippen LogP) is 3.13. The Morgan fingerprint density at radius 1 is 1.10 bits per heavy atom. The Labute approximate surface area is 183 Å². The largest absolute Gasteiger partial charge is 0.491 e. The smallest absolute Gasteiger partial charge is 0.254 e. The normalized spacial score (nSPS) is 22.5. The predicted molar refractivity (Wildman–Crippen MR) is 118 cm³/mol. The molecule has 2 heterocycles. The second-order valence-electron chi connectivity index (χ2n) is 8.36. The summed E-state index contributed by atoms with van der Waals surface area (Å²) >= 11 is 0. The van der Waals surface area contributed by atoms with Crippen molar-refractivity contribution in [3.63, 3.8) is 0 Å². The number of hydrogen-bond donors (Lipinski definition) is 1. The van der Waals surface area contributed by atoms with Gasteiger partial charge in [-0.3, -0.25) is 9.59 Å². The summed E-state index contributed by atoms with van der Waals surface area (Å²) in [5.74, 6) is 0.671. The van der Waals surface area contributed by atoms with E-state index in [-0.39, 0.29) is 18.4 Å². The van der Waals surface area contributed by atoms with Crippen LogP contribution in [0.1, 0.15) is 40.7 Å². The zero-order chi connectivity index (χ0) is 21.7. The van der Waals surface area contributed by atoms with Gasteiger partial charge in [0.25, 0.3) is 11.8 Å². The fraction of sp³-hybridized carbons (Fsp3) is 0.440. The van der Waals surface area contributed by atoms with Crippen molar-refractivity contribution >= 4 is 11.8 Å². The van der Waals surface area contributed by atoms with E-state index in [0.29, 0.717) is 38.3 Å². The monoisotopic (exact) mass is 422 g/mol. The lowest BCUT2D eigenvalue weighted by atomic mass is 9.91. The maximum atomic E-state index is 13.2. The van der Waals surface area contributed by atoms with E-state index in [1.165, 1.54) is 5.56 Å². The van der Waals surface area contributed by atoms with Crippen molar-refractivity contribution in [2.75, 3.05) is 32.8 Å². The summed E-state index contributed by atoms with van der Waals surface area (Å²) in [6, 6.07) is 15.6. The lowest BCUT2D eigenvalue weighted by Crippen LogP contribution is -2.61. The second-order valence-corrected chi connectivity index (χ2v) is 8.36. The summed E-state index contributed by atoms with van der Waals surface area (Å²) in [5, 5.41) is 2.97. The SMILES string of the molecule is Cc1cccc(C(=O)N2CCOC3(CCCCc4ccccc4OCCNC3=O)C2)c1. The highest BCUT2D eigenvalue weighted by Gasteiger charge is 2.44. The molecule has 1 spiro atoms. The van der Waals surface area contributed by atoms with E-state index >= 15 is 0 Å². The van der Waals surface area contributed by atoms with Gasteiger partial charge in [0.1, 0.15) is 12.4 Å². The molecular formula is C25H30N2O4. The fourth-order valence-corrected chi connectivity index (χ4v) is 4.38. The lowest BCUT2D eigenvalue weighted by Gasteiger charge is -2.42. The van der Waals surface area contributed by atoms with Gasteiger partial charge < -0.3 is 19.7 Å². The van der Waals surface area contributed by atoms with Crippen LogP contribution in [-0.4, -0.2) is 55.2 Å². The first-order valence-corrected chi connectivity index (χ1v) is 11.1. The van der Waals surface area contributed by atoms with Gasteiger partial charge in [0, 0.05) is 12.1 Å². The van der Waals surface area contributed by atoms with Crippen molar-refractivity contribution in [2.24, 2.45) is 0 Å². The van der Waals surface area contributed by atoms with E-state index in [1.807, 2.05) is 49.4 Å². The number of benzene rings is 2. The summed E-state index contributed by atoms with van der Waals surface area (Å²) in [6.45, 7) is 3.86. The zero-order valence-electron chi connectivity index (χ0n) is 18.1. The van der Waals surface area contributed by atoms with Crippen molar-refractivity contribution < 1.29 is 19.1 Å². The van der Waals surface area contributed by atoms with Gasteiger partial charge in [-0.1, -0.05) is 35.9 Å². The standard InChI is InChI=1S/C25H30N2O4/c1-19-7-6-10-21(17-19)23(28)27-14-16-31-25(18-27)12-5-4-9-20-8-2-3-11-22(20)30-15-13-26-24(25)29/h2-3,6-8,10-11,17H,4-5,9,12-16,18H2,1H3,(H,26,29). The number of hydrogen-bond acceptors (Lipinski definition) is 4. The molecule has 1 saturated heterocycles. The molecule has 2 aliphatic heterocycles. The molecule has 1 fully saturated rings. The van der Waals surface area contributed by atoms with Crippen LogP contribution in [0.3, 0.4) is 0 Å². The number of carbonyl (C=O) groups excluding carboxylic acids is 2. The van der Waals surface area contributed by atoms with Crippen LogP contribution >= 0.6 is 0 Å². The molecule has 1 atom stereocenters. The minimum absolute atomic E-state index is 0.0532. The summed E-state index contributed by atoms with van der Waals surface area (Å²) in [5.41, 5.74) is 1.86. The van der Waals surface area contributed by atoms with E-state index in [1.54, 1.807) is 4.90 Å². The number of morpholine rings is 1. The molecule has 1 unspecified atom stereocenters. The first-order chi connectivity index (χ1) is 15.1. The molecule has 6 nitrogen and oxygen atoms in total. The minimum atomic E-state index is -1.02. The van der Waals surface area contributed by atoms with E-state index in [2.05, 4.69) is 11.4 Å². The highest BCUT2D eigenvalue weighted by Crippen LogP contribution is 2.28. The van der Waals surface area contributed by atoms with E-state index < -0.39 is 5.60 Å². The number of nitrogens with one attached hydrogen (secondary N) is 1. The highest BCUT2D eigenvalue weighted by atomic mass is 16.5.